The molecule has 3 aromatic rings. The summed E-state index contributed by atoms with van der Waals surface area (Å²) in [6.45, 7) is 0.372. The summed E-state index contributed by atoms with van der Waals surface area (Å²) >= 11 is 1.45. The van der Waals surface area contributed by atoms with E-state index in [0.717, 1.165) is 10.7 Å². The molecule has 3 heterocycles. The summed E-state index contributed by atoms with van der Waals surface area (Å²) in [6, 6.07) is 3.72. The van der Waals surface area contributed by atoms with E-state index in [-0.39, 0.29) is 5.69 Å². The van der Waals surface area contributed by atoms with Crippen molar-refractivity contribution in [1.29, 1.82) is 0 Å². The molecule has 0 unspecified atom stereocenters. The molecular formula is C12H11N5O2S. The number of hydrogen-bond donors (Lipinski definition) is 1. The Hall–Kier alpha value is -2.48. The van der Waals surface area contributed by atoms with Crippen LogP contribution in [0.15, 0.2) is 29.9 Å². The quantitative estimate of drug-likeness (QED) is 0.786. The molecule has 3 rings (SSSR count). The van der Waals surface area contributed by atoms with Crippen LogP contribution in [0.2, 0.25) is 0 Å². The van der Waals surface area contributed by atoms with Gasteiger partial charge < -0.3 is 9.67 Å². The first-order valence-electron chi connectivity index (χ1n) is 5.83. The Labute approximate surface area is 118 Å². The number of aromatic carboxylic acids is 1. The first-order valence-corrected chi connectivity index (χ1v) is 6.71. The van der Waals surface area contributed by atoms with E-state index in [1.165, 1.54) is 11.3 Å². The minimum Gasteiger partial charge on any atom is -0.476 e. The Morgan fingerprint density at radius 3 is 2.95 bits per heavy atom. The van der Waals surface area contributed by atoms with E-state index in [2.05, 4.69) is 15.3 Å². The van der Waals surface area contributed by atoms with Crippen LogP contribution in [-0.4, -0.2) is 35.6 Å². The fourth-order valence-electron chi connectivity index (χ4n) is 1.91. The summed E-state index contributed by atoms with van der Waals surface area (Å²) < 4.78 is 3.43. The third-order valence-electron chi connectivity index (χ3n) is 2.90. The van der Waals surface area contributed by atoms with Crippen LogP contribution in [0.5, 0.6) is 0 Å². The number of aryl methyl sites for hydroxylation is 1. The van der Waals surface area contributed by atoms with Gasteiger partial charge >= 0.3 is 5.97 Å². The van der Waals surface area contributed by atoms with Gasteiger partial charge in [0.05, 0.1) is 4.88 Å². The molecule has 102 valence electrons. The Morgan fingerprint density at radius 2 is 2.35 bits per heavy atom. The second-order valence-electron chi connectivity index (χ2n) is 4.18. The van der Waals surface area contributed by atoms with Crippen molar-refractivity contribution in [2.24, 2.45) is 7.05 Å². The highest BCUT2D eigenvalue weighted by Gasteiger charge is 2.21. The molecule has 0 spiro atoms. The van der Waals surface area contributed by atoms with E-state index in [0.29, 0.717) is 12.2 Å². The highest BCUT2D eigenvalue weighted by Crippen LogP contribution is 2.27. The topological polar surface area (TPSA) is 85.8 Å². The van der Waals surface area contributed by atoms with Gasteiger partial charge in [-0.25, -0.2) is 14.5 Å². The third kappa shape index (κ3) is 2.10. The van der Waals surface area contributed by atoms with Gasteiger partial charge in [0.25, 0.3) is 0 Å². The first-order chi connectivity index (χ1) is 9.66. The van der Waals surface area contributed by atoms with E-state index in [4.69, 9.17) is 0 Å². The summed E-state index contributed by atoms with van der Waals surface area (Å²) in [7, 11) is 1.88. The predicted octanol–water partition coefficient (Wildman–Crippen LogP) is 1.49. The average Bonchev–Trinajstić information content (AvgIpc) is 3.11. The number of hydrogen-bond acceptors (Lipinski definition) is 5. The largest absolute Gasteiger partial charge is 0.476 e. The number of imidazole rings is 1. The van der Waals surface area contributed by atoms with Gasteiger partial charge in [-0.05, 0) is 11.4 Å². The average molecular weight is 289 g/mol. The van der Waals surface area contributed by atoms with Crippen molar-refractivity contribution in [2.75, 3.05) is 0 Å². The maximum absolute atomic E-state index is 11.3. The molecule has 0 radical (unpaired) electrons. The molecule has 0 atom stereocenters. The minimum absolute atomic E-state index is 0.0401. The fourth-order valence-corrected chi connectivity index (χ4v) is 2.68. The van der Waals surface area contributed by atoms with Crippen LogP contribution in [-0.2, 0) is 13.6 Å². The normalized spacial score (nSPS) is 10.8. The summed E-state index contributed by atoms with van der Waals surface area (Å²) in [4.78, 5) is 16.3. The maximum atomic E-state index is 11.3. The molecular weight excluding hydrogens is 278 g/mol. The van der Waals surface area contributed by atoms with Crippen LogP contribution in [0, 0.1) is 0 Å². The Morgan fingerprint density at radius 1 is 1.50 bits per heavy atom. The van der Waals surface area contributed by atoms with Crippen molar-refractivity contribution in [2.45, 2.75) is 6.54 Å². The van der Waals surface area contributed by atoms with E-state index < -0.39 is 5.97 Å². The highest BCUT2D eigenvalue weighted by atomic mass is 32.1. The summed E-state index contributed by atoms with van der Waals surface area (Å²) in [5.41, 5.74) is 0.470. The molecule has 0 bridgehead atoms. The Bertz CT molecular complexity index is 744. The van der Waals surface area contributed by atoms with Crippen molar-refractivity contribution in [3.63, 3.8) is 0 Å². The molecule has 0 aliphatic rings. The van der Waals surface area contributed by atoms with Gasteiger partial charge in [0.1, 0.15) is 18.1 Å². The van der Waals surface area contributed by atoms with Gasteiger partial charge in [-0.3, -0.25) is 0 Å². The fraction of sp³-hybridized carbons (Fsp3) is 0.167. The van der Waals surface area contributed by atoms with Crippen LogP contribution in [0.25, 0.3) is 10.6 Å². The van der Waals surface area contributed by atoms with Gasteiger partial charge in [0.2, 0.25) is 0 Å². The maximum Gasteiger partial charge on any atom is 0.358 e. The summed E-state index contributed by atoms with van der Waals surface area (Å²) in [5.74, 6) is -0.302. The molecule has 0 saturated heterocycles. The van der Waals surface area contributed by atoms with Crippen molar-refractivity contribution in [3.8, 4) is 10.6 Å². The third-order valence-corrected chi connectivity index (χ3v) is 3.78. The molecule has 0 amide bonds. The van der Waals surface area contributed by atoms with Crippen molar-refractivity contribution in [3.05, 3.63) is 41.4 Å². The number of carboxylic acids is 1. The van der Waals surface area contributed by atoms with Crippen molar-refractivity contribution >= 4 is 17.3 Å². The smallest absolute Gasteiger partial charge is 0.358 e. The van der Waals surface area contributed by atoms with Crippen LogP contribution in [0.4, 0.5) is 0 Å². The molecule has 0 saturated carbocycles. The molecule has 7 nitrogen and oxygen atoms in total. The SMILES string of the molecule is Cn1ccnc1Cn1nnc(C(=O)O)c1-c1cccs1. The molecule has 1 N–H and O–H groups in total. The highest BCUT2D eigenvalue weighted by molar-refractivity contribution is 7.13. The molecule has 0 aromatic carbocycles. The number of carbonyl (C=O) groups is 1. The predicted molar refractivity (Wildman–Crippen MR) is 72.6 cm³/mol. The zero-order valence-electron chi connectivity index (χ0n) is 10.6. The lowest BCUT2D eigenvalue weighted by atomic mass is 10.2. The standard InChI is InChI=1S/C12H11N5O2S/c1-16-5-4-13-9(16)7-17-11(8-3-2-6-20-8)10(12(18)19)14-15-17/h2-6H,7H2,1H3,(H,18,19). The van der Waals surface area contributed by atoms with Gasteiger partial charge in [-0.1, -0.05) is 11.3 Å². The number of nitrogens with zero attached hydrogens (tertiary/aromatic N) is 5. The zero-order valence-corrected chi connectivity index (χ0v) is 11.4. The van der Waals surface area contributed by atoms with Crippen LogP contribution in [0.3, 0.4) is 0 Å². The lowest BCUT2D eigenvalue weighted by molar-refractivity contribution is 0.0691. The molecule has 0 aliphatic carbocycles. The molecule has 3 aromatic heterocycles. The monoisotopic (exact) mass is 289 g/mol. The first kappa shape index (κ1) is 12.5. The van der Waals surface area contributed by atoms with Crippen molar-refractivity contribution in [1.82, 2.24) is 24.5 Å². The summed E-state index contributed by atoms with van der Waals surface area (Å²) in [5, 5.41) is 18.8. The second-order valence-corrected chi connectivity index (χ2v) is 5.13. The van der Waals surface area contributed by atoms with Gasteiger partial charge in [-0.15, -0.1) is 16.4 Å². The molecule has 0 aliphatic heterocycles. The number of aromatic nitrogens is 5. The van der Waals surface area contributed by atoms with Gasteiger partial charge in [0, 0.05) is 19.4 Å². The summed E-state index contributed by atoms with van der Waals surface area (Å²) in [6.07, 6.45) is 3.52. The van der Waals surface area contributed by atoms with E-state index in [1.807, 2.05) is 35.3 Å². The number of carboxylic acid groups (broad SMARTS) is 1. The zero-order chi connectivity index (χ0) is 14.1. The number of thiophene rings is 1. The van der Waals surface area contributed by atoms with E-state index >= 15 is 0 Å². The minimum atomic E-state index is -1.08. The Kier molecular flexibility index (Phi) is 3.07. The lowest BCUT2D eigenvalue weighted by Crippen LogP contribution is -2.09. The van der Waals surface area contributed by atoms with Crippen LogP contribution >= 0.6 is 11.3 Å². The Balaban J connectivity index is 2.08. The lowest BCUT2D eigenvalue weighted by Gasteiger charge is -2.05. The molecule has 8 heteroatoms. The number of rotatable bonds is 4. The van der Waals surface area contributed by atoms with Gasteiger partial charge in [-0.2, -0.15) is 0 Å². The van der Waals surface area contributed by atoms with E-state index in [1.54, 1.807) is 10.9 Å². The van der Waals surface area contributed by atoms with Crippen LogP contribution in [0.1, 0.15) is 16.3 Å². The van der Waals surface area contributed by atoms with Crippen molar-refractivity contribution < 1.29 is 9.90 Å². The van der Waals surface area contributed by atoms with Gasteiger partial charge in [0.15, 0.2) is 5.69 Å². The van der Waals surface area contributed by atoms with Crippen LogP contribution < -0.4 is 0 Å². The second kappa shape index (κ2) is 4.89. The van der Waals surface area contributed by atoms with E-state index in [9.17, 15) is 9.90 Å². The molecule has 0 fully saturated rings. The molecule has 20 heavy (non-hydrogen) atoms.